The van der Waals surface area contributed by atoms with E-state index in [2.05, 4.69) is 16.0 Å². The van der Waals surface area contributed by atoms with Crippen LogP contribution in [0, 0.1) is 11.8 Å². The minimum absolute atomic E-state index is 0. The molecular formula is C15H22ClN3O2. The van der Waals surface area contributed by atoms with Crippen LogP contribution < -0.4 is 16.0 Å². The average molecular weight is 312 g/mol. The molecule has 0 aromatic heterocycles. The summed E-state index contributed by atoms with van der Waals surface area (Å²) in [6.45, 7) is 5.31. The number of benzene rings is 1. The van der Waals surface area contributed by atoms with E-state index in [-0.39, 0.29) is 36.1 Å². The zero-order chi connectivity index (χ0) is 14.5. The molecule has 1 unspecified atom stereocenters. The highest BCUT2D eigenvalue weighted by Crippen LogP contribution is 2.18. The van der Waals surface area contributed by atoms with Gasteiger partial charge in [0.15, 0.2) is 0 Å². The quantitative estimate of drug-likeness (QED) is 0.799. The second kappa shape index (κ2) is 8.00. The summed E-state index contributed by atoms with van der Waals surface area (Å²) in [4.78, 5) is 23.7. The molecule has 1 saturated heterocycles. The lowest BCUT2D eigenvalue weighted by molar-refractivity contribution is -0.119. The summed E-state index contributed by atoms with van der Waals surface area (Å²) >= 11 is 0. The molecule has 1 aliphatic heterocycles. The summed E-state index contributed by atoms with van der Waals surface area (Å²) in [5.41, 5.74) is 1.41. The number of rotatable bonds is 4. The SMILES string of the molecule is CC(C)C(=O)Nc1cccc(NC(=O)C2CCNC2)c1.Cl. The molecule has 1 aromatic rings. The Kier molecular flexibility index (Phi) is 6.65. The number of carbonyl (C=O) groups is 2. The van der Waals surface area contributed by atoms with Crippen LogP contribution in [0.1, 0.15) is 20.3 Å². The maximum atomic E-state index is 12.0. The minimum Gasteiger partial charge on any atom is -0.326 e. The lowest BCUT2D eigenvalue weighted by Crippen LogP contribution is -2.24. The number of carbonyl (C=O) groups excluding carboxylic acids is 2. The summed E-state index contributed by atoms with van der Waals surface area (Å²) in [6, 6.07) is 7.23. The van der Waals surface area contributed by atoms with Crippen molar-refractivity contribution in [3.8, 4) is 0 Å². The smallest absolute Gasteiger partial charge is 0.228 e. The zero-order valence-electron chi connectivity index (χ0n) is 12.3. The van der Waals surface area contributed by atoms with Crippen molar-refractivity contribution in [3.63, 3.8) is 0 Å². The summed E-state index contributed by atoms with van der Waals surface area (Å²) in [5.74, 6) is -0.0440. The number of hydrogen-bond acceptors (Lipinski definition) is 3. The number of halogens is 1. The van der Waals surface area contributed by atoms with Crippen molar-refractivity contribution in [1.29, 1.82) is 0 Å². The molecule has 1 heterocycles. The van der Waals surface area contributed by atoms with Crippen molar-refractivity contribution in [2.75, 3.05) is 23.7 Å². The molecule has 116 valence electrons. The normalized spacial score (nSPS) is 17.2. The van der Waals surface area contributed by atoms with E-state index in [1.165, 1.54) is 0 Å². The lowest BCUT2D eigenvalue weighted by Gasteiger charge is -2.12. The summed E-state index contributed by atoms with van der Waals surface area (Å²) in [6.07, 6.45) is 0.871. The fraction of sp³-hybridized carbons (Fsp3) is 0.467. The third-order valence-corrected chi connectivity index (χ3v) is 3.35. The van der Waals surface area contributed by atoms with Crippen molar-refractivity contribution in [2.45, 2.75) is 20.3 Å². The van der Waals surface area contributed by atoms with Gasteiger partial charge in [-0.1, -0.05) is 19.9 Å². The molecule has 3 N–H and O–H groups in total. The summed E-state index contributed by atoms with van der Waals surface area (Å²) in [5, 5.41) is 8.89. The minimum atomic E-state index is -0.0715. The van der Waals surface area contributed by atoms with Crippen molar-refractivity contribution < 1.29 is 9.59 Å². The number of nitrogens with one attached hydrogen (secondary N) is 3. The molecule has 2 rings (SSSR count). The monoisotopic (exact) mass is 311 g/mol. The molecule has 1 atom stereocenters. The van der Waals surface area contributed by atoms with Gasteiger partial charge in [0.05, 0.1) is 5.92 Å². The van der Waals surface area contributed by atoms with Gasteiger partial charge in [-0.3, -0.25) is 9.59 Å². The average Bonchev–Trinajstić information content (AvgIpc) is 2.92. The first-order chi connectivity index (χ1) is 9.56. The van der Waals surface area contributed by atoms with Crippen molar-refractivity contribution in [3.05, 3.63) is 24.3 Å². The highest BCUT2D eigenvalue weighted by atomic mass is 35.5. The molecule has 0 radical (unpaired) electrons. The van der Waals surface area contributed by atoms with Gasteiger partial charge in [0, 0.05) is 23.8 Å². The van der Waals surface area contributed by atoms with Crippen LogP contribution >= 0.6 is 12.4 Å². The fourth-order valence-electron chi connectivity index (χ4n) is 2.08. The van der Waals surface area contributed by atoms with Gasteiger partial charge in [0.2, 0.25) is 11.8 Å². The maximum absolute atomic E-state index is 12.0. The van der Waals surface area contributed by atoms with Gasteiger partial charge in [0.25, 0.3) is 0 Å². The Morgan fingerprint density at radius 2 is 1.90 bits per heavy atom. The molecule has 1 fully saturated rings. The number of anilines is 2. The molecule has 5 nitrogen and oxygen atoms in total. The molecular weight excluding hydrogens is 290 g/mol. The highest BCUT2D eigenvalue weighted by Gasteiger charge is 2.22. The van der Waals surface area contributed by atoms with E-state index in [0.29, 0.717) is 11.4 Å². The topological polar surface area (TPSA) is 70.2 Å². The Morgan fingerprint density at radius 1 is 1.24 bits per heavy atom. The summed E-state index contributed by atoms with van der Waals surface area (Å²) < 4.78 is 0. The molecule has 1 aromatic carbocycles. The van der Waals surface area contributed by atoms with Gasteiger partial charge in [-0.15, -0.1) is 12.4 Å². The number of amides is 2. The fourth-order valence-corrected chi connectivity index (χ4v) is 2.08. The number of hydrogen-bond donors (Lipinski definition) is 3. The molecule has 0 aliphatic carbocycles. The van der Waals surface area contributed by atoms with E-state index in [1.54, 1.807) is 6.07 Å². The molecule has 6 heteroatoms. The Labute approximate surface area is 131 Å². The maximum Gasteiger partial charge on any atom is 0.228 e. The summed E-state index contributed by atoms with van der Waals surface area (Å²) in [7, 11) is 0. The van der Waals surface area contributed by atoms with Crippen molar-refractivity contribution >= 4 is 35.6 Å². The van der Waals surface area contributed by atoms with Crippen molar-refractivity contribution in [1.82, 2.24) is 5.32 Å². The van der Waals surface area contributed by atoms with Crippen LogP contribution in [0.4, 0.5) is 11.4 Å². The van der Waals surface area contributed by atoms with Gasteiger partial charge >= 0.3 is 0 Å². The Bertz CT molecular complexity index is 499. The molecule has 2 amide bonds. The van der Waals surface area contributed by atoms with Gasteiger partial charge in [-0.05, 0) is 31.2 Å². The Balaban J connectivity index is 0.00000220. The van der Waals surface area contributed by atoms with Crippen LogP contribution in [0.3, 0.4) is 0 Å². The highest BCUT2D eigenvalue weighted by molar-refractivity contribution is 5.95. The van der Waals surface area contributed by atoms with Crippen LogP contribution in [0.5, 0.6) is 0 Å². The van der Waals surface area contributed by atoms with E-state index in [9.17, 15) is 9.59 Å². The molecule has 21 heavy (non-hydrogen) atoms. The van der Waals surface area contributed by atoms with E-state index in [1.807, 2.05) is 32.0 Å². The molecule has 0 spiro atoms. The van der Waals surface area contributed by atoms with E-state index < -0.39 is 0 Å². The van der Waals surface area contributed by atoms with Gasteiger partial charge < -0.3 is 16.0 Å². The lowest BCUT2D eigenvalue weighted by atomic mass is 10.1. The predicted molar refractivity (Wildman–Crippen MR) is 86.8 cm³/mol. The van der Waals surface area contributed by atoms with E-state index >= 15 is 0 Å². The first-order valence-electron chi connectivity index (χ1n) is 6.99. The Hall–Kier alpha value is -1.59. The molecule has 0 saturated carbocycles. The van der Waals surface area contributed by atoms with Gasteiger partial charge in [-0.2, -0.15) is 0 Å². The van der Waals surface area contributed by atoms with Gasteiger partial charge in [-0.25, -0.2) is 0 Å². The third kappa shape index (κ3) is 5.02. The third-order valence-electron chi connectivity index (χ3n) is 3.35. The van der Waals surface area contributed by atoms with E-state index in [0.717, 1.165) is 19.5 Å². The predicted octanol–water partition coefficient (Wildman–Crippen LogP) is 2.25. The standard InChI is InChI=1S/C15H21N3O2.ClH/c1-10(2)14(19)17-12-4-3-5-13(8-12)18-15(20)11-6-7-16-9-11;/h3-5,8,10-11,16H,6-7,9H2,1-2H3,(H,17,19)(H,18,20);1H. The van der Waals surface area contributed by atoms with Crippen LogP contribution in [-0.2, 0) is 9.59 Å². The first-order valence-corrected chi connectivity index (χ1v) is 6.99. The van der Waals surface area contributed by atoms with Crippen LogP contribution in [0.2, 0.25) is 0 Å². The first kappa shape index (κ1) is 17.5. The largest absolute Gasteiger partial charge is 0.326 e. The second-order valence-electron chi connectivity index (χ2n) is 5.40. The molecule has 1 aliphatic rings. The second-order valence-corrected chi connectivity index (χ2v) is 5.40. The van der Waals surface area contributed by atoms with E-state index in [4.69, 9.17) is 0 Å². The van der Waals surface area contributed by atoms with Crippen LogP contribution in [0.25, 0.3) is 0 Å². The van der Waals surface area contributed by atoms with Crippen LogP contribution in [0.15, 0.2) is 24.3 Å². The van der Waals surface area contributed by atoms with Crippen LogP contribution in [-0.4, -0.2) is 24.9 Å². The zero-order valence-corrected chi connectivity index (χ0v) is 13.1. The van der Waals surface area contributed by atoms with Gasteiger partial charge in [0.1, 0.15) is 0 Å². The van der Waals surface area contributed by atoms with Crippen molar-refractivity contribution in [2.24, 2.45) is 11.8 Å². The Morgan fingerprint density at radius 3 is 2.48 bits per heavy atom. The molecule has 0 bridgehead atoms.